The first-order chi connectivity index (χ1) is 10.8. The molecule has 1 aromatic heterocycles. The van der Waals surface area contributed by atoms with Gasteiger partial charge in [0.25, 0.3) is 5.91 Å². The summed E-state index contributed by atoms with van der Waals surface area (Å²) in [6.45, 7) is 5.44. The summed E-state index contributed by atoms with van der Waals surface area (Å²) in [5, 5.41) is 0. The zero-order chi connectivity index (χ0) is 15.4. The summed E-state index contributed by atoms with van der Waals surface area (Å²) in [6, 6.07) is 3.70. The van der Waals surface area contributed by atoms with Crippen LogP contribution in [0.25, 0.3) is 0 Å². The number of aromatic nitrogens is 1. The van der Waals surface area contributed by atoms with E-state index in [0.717, 1.165) is 38.3 Å². The molecule has 7 nitrogen and oxygen atoms in total. The third kappa shape index (κ3) is 3.19. The van der Waals surface area contributed by atoms with Crippen LogP contribution in [0.2, 0.25) is 0 Å². The fourth-order valence-corrected chi connectivity index (χ4v) is 2.71. The number of carbonyl (C=O) groups excluding carboxylic acids is 2. The van der Waals surface area contributed by atoms with Gasteiger partial charge >= 0.3 is 0 Å². The van der Waals surface area contributed by atoms with Crippen molar-refractivity contribution >= 4 is 18.0 Å². The molecule has 2 aliphatic heterocycles. The minimum Gasteiger partial charge on any atom is -0.378 e. The lowest BCUT2D eigenvalue weighted by Crippen LogP contribution is -2.45. The van der Waals surface area contributed by atoms with E-state index in [1.807, 2.05) is 6.07 Å². The van der Waals surface area contributed by atoms with Crippen LogP contribution < -0.4 is 4.90 Å². The number of rotatable bonds is 3. The summed E-state index contributed by atoms with van der Waals surface area (Å²) in [5.74, 6) is -0.0411. The Balaban J connectivity index is 1.62. The maximum absolute atomic E-state index is 12.3. The Morgan fingerprint density at radius 3 is 2.41 bits per heavy atom. The molecule has 0 atom stereocenters. The number of pyridine rings is 1. The van der Waals surface area contributed by atoms with Crippen molar-refractivity contribution in [3.05, 3.63) is 24.0 Å². The monoisotopic (exact) mass is 304 g/mol. The minimum atomic E-state index is -0.0411. The summed E-state index contributed by atoms with van der Waals surface area (Å²) in [4.78, 5) is 33.1. The zero-order valence-corrected chi connectivity index (χ0v) is 12.5. The predicted octanol–water partition coefficient (Wildman–Crippen LogP) is -0.168. The van der Waals surface area contributed by atoms with E-state index in [1.54, 1.807) is 22.1 Å². The van der Waals surface area contributed by atoms with E-state index < -0.39 is 0 Å². The average molecular weight is 304 g/mol. The summed E-state index contributed by atoms with van der Waals surface area (Å²) in [6.07, 6.45) is 2.63. The van der Waals surface area contributed by atoms with Gasteiger partial charge in [-0.15, -0.1) is 0 Å². The van der Waals surface area contributed by atoms with Crippen LogP contribution in [-0.2, 0) is 9.53 Å². The molecule has 3 heterocycles. The molecular weight excluding hydrogens is 284 g/mol. The van der Waals surface area contributed by atoms with Crippen molar-refractivity contribution in [3.8, 4) is 0 Å². The molecule has 0 aromatic carbocycles. The lowest BCUT2D eigenvalue weighted by Gasteiger charge is -2.34. The average Bonchev–Trinajstić information content (AvgIpc) is 2.62. The molecule has 2 fully saturated rings. The molecule has 2 amide bonds. The van der Waals surface area contributed by atoms with E-state index >= 15 is 0 Å². The quantitative estimate of drug-likeness (QED) is 0.726. The molecule has 2 saturated heterocycles. The summed E-state index contributed by atoms with van der Waals surface area (Å²) < 4.78 is 5.25. The number of nitrogens with zero attached hydrogens (tertiary/aromatic N) is 4. The molecular formula is C15H20N4O3. The third-order valence-electron chi connectivity index (χ3n) is 4.09. The van der Waals surface area contributed by atoms with E-state index in [1.165, 1.54) is 0 Å². The molecule has 0 saturated carbocycles. The van der Waals surface area contributed by atoms with E-state index in [0.29, 0.717) is 32.0 Å². The van der Waals surface area contributed by atoms with Crippen molar-refractivity contribution in [2.24, 2.45) is 0 Å². The Hall–Kier alpha value is -2.15. The highest BCUT2D eigenvalue weighted by atomic mass is 16.5. The van der Waals surface area contributed by atoms with Gasteiger partial charge < -0.3 is 19.4 Å². The number of hydrogen-bond donors (Lipinski definition) is 0. The number of hydrogen-bond acceptors (Lipinski definition) is 5. The normalized spacial score (nSPS) is 19.2. The molecule has 0 bridgehead atoms. The van der Waals surface area contributed by atoms with Crippen LogP contribution >= 0.6 is 0 Å². The highest BCUT2D eigenvalue weighted by Crippen LogP contribution is 2.16. The van der Waals surface area contributed by atoms with Gasteiger partial charge in [0.15, 0.2) is 0 Å². The Morgan fingerprint density at radius 1 is 1.09 bits per heavy atom. The van der Waals surface area contributed by atoms with Gasteiger partial charge in [-0.3, -0.25) is 9.59 Å². The van der Waals surface area contributed by atoms with Gasteiger partial charge in [-0.05, 0) is 12.1 Å². The first-order valence-corrected chi connectivity index (χ1v) is 7.55. The highest BCUT2D eigenvalue weighted by molar-refractivity contribution is 5.92. The lowest BCUT2D eigenvalue weighted by molar-refractivity contribution is -0.118. The molecule has 0 spiro atoms. The van der Waals surface area contributed by atoms with Crippen LogP contribution in [0.1, 0.15) is 10.5 Å². The number of piperazine rings is 1. The second kappa shape index (κ2) is 6.74. The number of ether oxygens (including phenoxy) is 1. The molecule has 22 heavy (non-hydrogen) atoms. The van der Waals surface area contributed by atoms with Crippen molar-refractivity contribution in [2.75, 3.05) is 57.4 Å². The van der Waals surface area contributed by atoms with E-state index in [4.69, 9.17) is 4.74 Å². The predicted molar refractivity (Wildman–Crippen MR) is 80.8 cm³/mol. The number of amides is 2. The van der Waals surface area contributed by atoms with Crippen LogP contribution in [0.4, 0.5) is 5.69 Å². The number of morpholine rings is 1. The molecule has 1 aromatic rings. The summed E-state index contributed by atoms with van der Waals surface area (Å²) in [5.41, 5.74) is 1.46. The van der Waals surface area contributed by atoms with Crippen molar-refractivity contribution in [2.45, 2.75) is 0 Å². The second-order valence-electron chi connectivity index (χ2n) is 5.43. The maximum Gasteiger partial charge on any atom is 0.272 e. The van der Waals surface area contributed by atoms with Crippen LogP contribution in [0, 0.1) is 0 Å². The van der Waals surface area contributed by atoms with Gasteiger partial charge in [0.1, 0.15) is 5.69 Å². The van der Waals surface area contributed by atoms with Gasteiger partial charge in [-0.2, -0.15) is 0 Å². The van der Waals surface area contributed by atoms with Gasteiger partial charge in [-0.1, -0.05) is 0 Å². The van der Waals surface area contributed by atoms with E-state index in [2.05, 4.69) is 9.88 Å². The van der Waals surface area contributed by atoms with Crippen LogP contribution in [0.3, 0.4) is 0 Å². The Bertz CT molecular complexity index is 520. The Labute approximate surface area is 129 Å². The SMILES string of the molecule is O=CN1CCN(c2ccc(C(=O)N3CCOCC3)nc2)CC1. The first kappa shape index (κ1) is 14.8. The van der Waals surface area contributed by atoms with E-state index in [9.17, 15) is 9.59 Å². The Morgan fingerprint density at radius 2 is 1.82 bits per heavy atom. The molecule has 3 rings (SSSR count). The molecule has 0 N–H and O–H groups in total. The van der Waals surface area contributed by atoms with Crippen LogP contribution in [0.15, 0.2) is 18.3 Å². The second-order valence-corrected chi connectivity index (χ2v) is 5.43. The number of carbonyl (C=O) groups is 2. The fraction of sp³-hybridized carbons (Fsp3) is 0.533. The summed E-state index contributed by atoms with van der Waals surface area (Å²) >= 11 is 0. The zero-order valence-electron chi connectivity index (χ0n) is 12.5. The molecule has 118 valence electrons. The van der Waals surface area contributed by atoms with Crippen molar-refractivity contribution in [1.82, 2.24) is 14.8 Å². The minimum absolute atomic E-state index is 0.0411. The molecule has 0 unspecified atom stereocenters. The number of anilines is 1. The first-order valence-electron chi connectivity index (χ1n) is 7.55. The fourth-order valence-electron chi connectivity index (χ4n) is 2.71. The van der Waals surface area contributed by atoms with E-state index in [-0.39, 0.29) is 5.91 Å². The highest BCUT2D eigenvalue weighted by Gasteiger charge is 2.20. The standard InChI is InChI=1S/C15H20N4O3/c20-12-17-3-5-18(6-4-17)13-1-2-14(16-11-13)15(21)19-7-9-22-10-8-19/h1-2,11-12H,3-10H2. The van der Waals surface area contributed by atoms with Crippen molar-refractivity contribution < 1.29 is 14.3 Å². The molecule has 7 heteroatoms. The smallest absolute Gasteiger partial charge is 0.272 e. The molecule has 2 aliphatic rings. The van der Waals surface area contributed by atoms with Gasteiger partial charge in [-0.25, -0.2) is 4.98 Å². The molecule has 0 radical (unpaired) electrons. The van der Waals surface area contributed by atoms with Crippen molar-refractivity contribution in [3.63, 3.8) is 0 Å². The summed E-state index contributed by atoms with van der Waals surface area (Å²) in [7, 11) is 0. The molecule has 0 aliphatic carbocycles. The van der Waals surface area contributed by atoms with Gasteiger partial charge in [0, 0.05) is 39.3 Å². The largest absolute Gasteiger partial charge is 0.378 e. The van der Waals surface area contributed by atoms with Gasteiger partial charge in [0.2, 0.25) is 6.41 Å². The van der Waals surface area contributed by atoms with Crippen LogP contribution in [-0.4, -0.2) is 79.6 Å². The Kier molecular flexibility index (Phi) is 4.53. The van der Waals surface area contributed by atoms with Crippen molar-refractivity contribution in [1.29, 1.82) is 0 Å². The van der Waals surface area contributed by atoms with Crippen LogP contribution in [0.5, 0.6) is 0 Å². The van der Waals surface area contributed by atoms with Gasteiger partial charge in [0.05, 0.1) is 25.1 Å². The lowest BCUT2D eigenvalue weighted by atomic mass is 10.2. The topological polar surface area (TPSA) is 66.0 Å². The maximum atomic E-state index is 12.3. The third-order valence-corrected chi connectivity index (χ3v) is 4.09.